The summed E-state index contributed by atoms with van der Waals surface area (Å²) in [5.74, 6) is 1.61. The lowest BCUT2D eigenvalue weighted by molar-refractivity contribution is 0.259. The first-order valence-electron chi connectivity index (χ1n) is 6.06. The molecule has 16 heavy (non-hydrogen) atoms. The standard InChI is InChI=1S/C14H20O2/c1-4-10(2)13-7-5-6-11(3)14(13)16-9-12-8-15-12/h5-7,10,12H,4,8-9H2,1-3H3. The molecule has 1 saturated heterocycles. The molecule has 0 aromatic heterocycles. The molecule has 2 nitrogen and oxygen atoms in total. The van der Waals surface area contributed by atoms with Crippen molar-refractivity contribution in [3.05, 3.63) is 29.3 Å². The number of hydrogen-bond donors (Lipinski definition) is 0. The van der Waals surface area contributed by atoms with E-state index in [9.17, 15) is 0 Å². The minimum Gasteiger partial charge on any atom is -0.490 e. The summed E-state index contributed by atoms with van der Waals surface area (Å²) in [6.45, 7) is 8.10. The van der Waals surface area contributed by atoms with Gasteiger partial charge in [-0.2, -0.15) is 0 Å². The maximum absolute atomic E-state index is 5.89. The highest BCUT2D eigenvalue weighted by Crippen LogP contribution is 2.32. The Kier molecular flexibility index (Phi) is 3.49. The van der Waals surface area contributed by atoms with Gasteiger partial charge in [-0.3, -0.25) is 0 Å². The molecule has 1 aromatic rings. The van der Waals surface area contributed by atoms with Crippen molar-refractivity contribution in [1.29, 1.82) is 0 Å². The van der Waals surface area contributed by atoms with E-state index < -0.39 is 0 Å². The molecule has 0 amide bonds. The maximum atomic E-state index is 5.89. The Labute approximate surface area is 97.6 Å². The van der Waals surface area contributed by atoms with E-state index in [1.54, 1.807) is 0 Å². The first kappa shape index (κ1) is 11.5. The Bertz CT molecular complexity index is 356. The zero-order valence-electron chi connectivity index (χ0n) is 10.3. The van der Waals surface area contributed by atoms with E-state index >= 15 is 0 Å². The van der Waals surface area contributed by atoms with Crippen LogP contribution in [-0.4, -0.2) is 19.3 Å². The Morgan fingerprint density at radius 3 is 2.88 bits per heavy atom. The monoisotopic (exact) mass is 220 g/mol. The lowest BCUT2D eigenvalue weighted by Gasteiger charge is -2.17. The molecule has 1 aliphatic rings. The van der Waals surface area contributed by atoms with E-state index in [-0.39, 0.29) is 0 Å². The van der Waals surface area contributed by atoms with E-state index in [2.05, 4.69) is 39.0 Å². The van der Waals surface area contributed by atoms with Gasteiger partial charge in [0.05, 0.1) is 6.61 Å². The summed E-state index contributed by atoms with van der Waals surface area (Å²) in [6.07, 6.45) is 1.46. The topological polar surface area (TPSA) is 21.8 Å². The predicted octanol–water partition coefficient (Wildman–Crippen LogP) is 3.29. The lowest BCUT2D eigenvalue weighted by atomic mass is 9.96. The van der Waals surface area contributed by atoms with Crippen LogP contribution in [0.4, 0.5) is 0 Å². The molecule has 0 bridgehead atoms. The zero-order valence-corrected chi connectivity index (χ0v) is 10.3. The second kappa shape index (κ2) is 4.88. The molecule has 0 N–H and O–H groups in total. The summed E-state index contributed by atoms with van der Waals surface area (Å²) >= 11 is 0. The highest BCUT2D eigenvalue weighted by Gasteiger charge is 2.24. The third-order valence-corrected chi connectivity index (χ3v) is 3.20. The summed E-state index contributed by atoms with van der Waals surface area (Å²) in [6, 6.07) is 6.39. The summed E-state index contributed by atoms with van der Waals surface area (Å²) in [5.41, 5.74) is 2.54. The van der Waals surface area contributed by atoms with Crippen molar-refractivity contribution in [3.8, 4) is 5.75 Å². The van der Waals surface area contributed by atoms with Gasteiger partial charge in [0.25, 0.3) is 0 Å². The molecular formula is C14H20O2. The molecular weight excluding hydrogens is 200 g/mol. The number of epoxide rings is 1. The molecule has 2 heteroatoms. The van der Waals surface area contributed by atoms with Gasteiger partial charge in [-0.15, -0.1) is 0 Å². The summed E-state index contributed by atoms with van der Waals surface area (Å²) in [5, 5.41) is 0. The summed E-state index contributed by atoms with van der Waals surface area (Å²) < 4.78 is 11.1. The number of para-hydroxylation sites is 1. The number of benzene rings is 1. The van der Waals surface area contributed by atoms with Gasteiger partial charge in [-0.1, -0.05) is 32.0 Å². The van der Waals surface area contributed by atoms with E-state index in [0.717, 1.165) is 18.8 Å². The van der Waals surface area contributed by atoms with Gasteiger partial charge in [0.2, 0.25) is 0 Å². The quantitative estimate of drug-likeness (QED) is 0.710. The van der Waals surface area contributed by atoms with Crippen LogP contribution in [-0.2, 0) is 4.74 Å². The Morgan fingerprint density at radius 1 is 1.50 bits per heavy atom. The third-order valence-electron chi connectivity index (χ3n) is 3.20. The first-order chi connectivity index (χ1) is 7.72. The van der Waals surface area contributed by atoms with E-state index in [0.29, 0.717) is 18.6 Å². The largest absolute Gasteiger partial charge is 0.490 e. The van der Waals surface area contributed by atoms with Crippen molar-refractivity contribution in [2.75, 3.05) is 13.2 Å². The van der Waals surface area contributed by atoms with Crippen LogP contribution in [0.2, 0.25) is 0 Å². The minimum atomic E-state index is 0.324. The average Bonchev–Trinajstić information content (AvgIpc) is 3.10. The van der Waals surface area contributed by atoms with E-state index in [1.165, 1.54) is 11.1 Å². The molecule has 1 aliphatic heterocycles. The Morgan fingerprint density at radius 2 is 2.25 bits per heavy atom. The van der Waals surface area contributed by atoms with Crippen LogP contribution in [0.3, 0.4) is 0 Å². The highest BCUT2D eigenvalue weighted by molar-refractivity contribution is 5.42. The second-order valence-corrected chi connectivity index (χ2v) is 4.57. The first-order valence-corrected chi connectivity index (χ1v) is 6.06. The maximum Gasteiger partial charge on any atom is 0.125 e. The molecule has 0 spiro atoms. The van der Waals surface area contributed by atoms with Gasteiger partial charge in [-0.25, -0.2) is 0 Å². The normalized spacial score (nSPS) is 20.6. The zero-order chi connectivity index (χ0) is 11.5. The minimum absolute atomic E-state index is 0.324. The van der Waals surface area contributed by atoms with Crippen LogP contribution in [0.15, 0.2) is 18.2 Å². The molecule has 88 valence electrons. The van der Waals surface area contributed by atoms with Gasteiger partial charge in [-0.05, 0) is 30.4 Å². The second-order valence-electron chi connectivity index (χ2n) is 4.57. The van der Waals surface area contributed by atoms with Crippen molar-refractivity contribution in [2.24, 2.45) is 0 Å². The number of ether oxygens (including phenoxy) is 2. The van der Waals surface area contributed by atoms with Crippen molar-refractivity contribution >= 4 is 0 Å². The smallest absolute Gasteiger partial charge is 0.125 e. The molecule has 1 fully saturated rings. The summed E-state index contributed by atoms with van der Waals surface area (Å²) in [4.78, 5) is 0. The Balaban J connectivity index is 2.17. The van der Waals surface area contributed by atoms with Gasteiger partial charge in [0.1, 0.15) is 18.5 Å². The molecule has 2 unspecified atom stereocenters. The molecule has 0 aliphatic carbocycles. The SMILES string of the molecule is CCC(C)c1cccc(C)c1OCC1CO1. The van der Waals surface area contributed by atoms with Crippen LogP contribution in [0.1, 0.15) is 37.3 Å². The van der Waals surface area contributed by atoms with Crippen molar-refractivity contribution in [2.45, 2.75) is 39.2 Å². The van der Waals surface area contributed by atoms with E-state index in [1.807, 2.05) is 0 Å². The molecule has 1 heterocycles. The van der Waals surface area contributed by atoms with Gasteiger partial charge >= 0.3 is 0 Å². The third kappa shape index (κ3) is 2.56. The fourth-order valence-corrected chi connectivity index (χ4v) is 1.82. The predicted molar refractivity (Wildman–Crippen MR) is 65.1 cm³/mol. The molecule has 2 rings (SSSR count). The van der Waals surface area contributed by atoms with Gasteiger partial charge in [0, 0.05) is 0 Å². The molecule has 0 radical (unpaired) electrons. The van der Waals surface area contributed by atoms with Gasteiger partial charge < -0.3 is 9.47 Å². The lowest BCUT2D eigenvalue weighted by Crippen LogP contribution is -2.08. The van der Waals surface area contributed by atoms with E-state index in [4.69, 9.17) is 9.47 Å². The summed E-state index contributed by atoms with van der Waals surface area (Å²) in [7, 11) is 0. The fourth-order valence-electron chi connectivity index (χ4n) is 1.82. The van der Waals surface area contributed by atoms with Crippen molar-refractivity contribution < 1.29 is 9.47 Å². The van der Waals surface area contributed by atoms with Crippen LogP contribution in [0.25, 0.3) is 0 Å². The average molecular weight is 220 g/mol. The van der Waals surface area contributed by atoms with Crippen molar-refractivity contribution in [1.82, 2.24) is 0 Å². The highest BCUT2D eigenvalue weighted by atomic mass is 16.6. The number of rotatable bonds is 5. The number of hydrogen-bond acceptors (Lipinski definition) is 2. The van der Waals surface area contributed by atoms with Gasteiger partial charge in [0.15, 0.2) is 0 Å². The van der Waals surface area contributed by atoms with Crippen LogP contribution >= 0.6 is 0 Å². The van der Waals surface area contributed by atoms with Crippen LogP contribution < -0.4 is 4.74 Å². The molecule has 2 atom stereocenters. The van der Waals surface area contributed by atoms with Crippen molar-refractivity contribution in [3.63, 3.8) is 0 Å². The number of aryl methyl sites for hydroxylation is 1. The fraction of sp³-hybridized carbons (Fsp3) is 0.571. The van der Waals surface area contributed by atoms with Crippen LogP contribution in [0.5, 0.6) is 5.75 Å². The Hall–Kier alpha value is -1.02. The molecule has 1 aromatic carbocycles. The molecule has 0 saturated carbocycles. The van der Waals surface area contributed by atoms with Crippen LogP contribution in [0, 0.1) is 6.92 Å².